The Hall–Kier alpha value is -1.50. The normalized spacial score (nSPS) is 21.8. The third-order valence-corrected chi connectivity index (χ3v) is 4.51. The van der Waals surface area contributed by atoms with Gasteiger partial charge in [0.25, 0.3) is 5.91 Å². The van der Waals surface area contributed by atoms with Gasteiger partial charge in [-0.3, -0.25) is 4.79 Å². The topological polar surface area (TPSA) is 63.2 Å². The van der Waals surface area contributed by atoms with Crippen LogP contribution in [0.25, 0.3) is 0 Å². The molecule has 18 heavy (non-hydrogen) atoms. The zero-order valence-corrected chi connectivity index (χ0v) is 10.1. The molecule has 0 bridgehead atoms. The van der Waals surface area contributed by atoms with E-state index in [4.69, 9.17) is 0 Å². The van der Waals surface area contributed by atoms with Crippen molar-refractivity contribution >= 4 is 15.7 Å². The van der Waals surface area contributed by atoms with Gasteiger partial charge in [-0.15, -0.1) is 0 Å². The van der Waals surface area contributed by atoms with Gasteiger partial charge in [0.15, 0.2) is 9.84 Å². The zero-order valence-electron chi connectivity index (χ0n) is 9.32. The fourth-order valence-electron chi connectivity index (χ4n) is 1.84. The third kappa shape index (κ3) is 2.84. The van der Waals surface area contributed by atoms with Crippen LogP contribution in [-0.2, 0) is 9.84 Å². The molecule has 1 fully saturated rings. The highest BCUT2D eigenvalue weighted by atomic mass is 32.2. The minimum absolute atomic E-state index is 0.00355. The van der Waals surface area contributed by atoms with E-state index in [9.17, 15) is 22.0 Å². The first-order valence-electron chi connectivity index (χ1n) is 5.34. The highest BCUT2D eigenvalue weighted by molar-refractivity contribution is 7.91. The summed E-state index contributed by atoms with van der Waals surface area (Å²) in [6.07, 6.45) is 0.297. The molecule has 0 aliphatic carbocycles. The van der Waals surface area contributed by atoms with Gasteiger partial charge < -0.3 is 5.32 Å². The monoisotopic (exact) mass is 275 g/mol. The fourth-order valence-corrected chi connectivity index (χ4v) is 3.52. The van der Waals surface area contributed by atoms with E-state index in [1.807, 2.05) is 0 Å². The average molecular weight is 275 g/mol. The summed E-state index contributed by atoms with van der Waals surface area (Å²) < 4.78 is 48.6. The van der Waals surface area contributed by atoms with Crippen LogP contribution in [0.2, 0.25) is 0 Å². The van der Waals surface area contributed by atoms with Gasteiger partial charge in [0.05, 0.1) is 17.1 Å². The van der Waals surface area contributed by atoms with E-state index in [0.29, 0.717) is 6.42 Å². The molecule has 0 radical (unpaired) electrons. The molecule has 1 amide bonds. The van der Waals surface area contributed by atoms with Gasteiger partial charge in [-0.2, -0.15) is 0 Å². The van der Waals surface area contributed by atoms with Crippen molar-refractivity contribution in [2.24, 2.45) is 0 Å². The molecule has 7 heteroatoms. The number of carbonyl (C=O) groups excluding carboxylic acids is 1. The zero-order chi connectivity index (χ0) is 13.3. The van der Waals surface area contributed by atoms with Crippen LogP contribution in [0.5, 0.6) is 0 Å². The van der Waals surface area contributed by atoms with Crippen LogP contribution in [0.3, 0.4) is 0 Å². The number of halogens is 2. The average Bonchev–Trinajstić information content (AvgIpc) is 2.61. The Bertz CT molecular complexity index is 586. The molecule has 1 aliphatic heterocycles. The lowest BCUT2D eigenvalue weighted by atomic mass is 10.1. The first kappa shape index (κ1) is 12.9. The number of amides is 1. The summed E-state index contributed by atoms with van der Waals surface area (Å²) in [6.45, 7) is 0. The standard InChI is InChI=1S/C11H11F2NO3S/c12-7-1-2-10(13)9(5-7)11(15)14-8-3-4-18(16,17)6-8/h1-2,5,8H,3-4,6H2,(H,14,15)/t8-/m0/s1. The van der Waals surface area contributed by atoms with Crippen molar-refractivity contribution in [3.63, 3.8) is 0 Å². The third-order valence-electron chi connectivity index (χ3n) is 2.74. The molecule has 1 aliphatic rings. The Morgan fingerprint density at radius 3 is 2.67 bits per heavy atom. The molecule has 1 aromatic carbocycles. The summed E-state index contributed by atoms with van der Waals surface area (Å²) in [5.74, 6) is -2.51. The molecule has 0 unspecified atom stereocenters. The van der Waals surface area contributed by atoms with Crippen LogP contribution in [0.4, 0.5) is 8.78 Å². The predicted octanol–water partition coefficient (Wildman–Crippen LogP) is 0.882. The summed E-state index contributed by atoms with van der Waals surface area (Å²) >= 11 is 0. The molecule has 0 saturated carbocycles. The van der Waals surface area contributed by atoms with Crippen molar-refractivity contribution in [2.75, 3.05) is 11.5 Å². The Morgan fingerprint density at radius 2 is 2.06 bits per heavy atom. The van der Waals surface area contributed by atoms with E-state index in [1.54, 1.807) is 0 Å². The smallest absolute Gasteiger partial charge is 0.254 e. The van der Waals surface area contributed by atoms with Crippen LogP contribution in [0, 0.1) is 11.6 Å². The molecule has 1 saturated heterocycles. The van der Waals surface area contributed by atoms with E-state index >= 15 is 0 Å². The quantitative estimate of drug-likeness (QED) is 0.871. The number of hydrogen-bond acceptors (Lipinski definition) is 3. The Balaban J connectivity index is 2.11. The summed E-state index contributed by atoms with van der Waals surface area (Å²) in [5.41, 5.74) is -0.417. The lowest BCUT2D eigenvalue weighted by Crippen LogP contribution is -2.36. The van der Waals surface area contributed by atoms with Crippen molar-refractivity contribution in [2.45, 2.75) is 12.5 Å². The van der Waals surface area contributed by atoms with Gasteiger partial charge >= 0.3 is 0 Å². The second kappa shape index (κ2) is 4.64. The van der Waals surface area contributed by atoms with Crippen molar-refractivity contribution < 1.29 is 22.0 Å². The molecular formula is C11H11F2NO3S. The Labute approximate surface area is 103 Å². The van der Waals surface area contributed by atoms with Gasteiger partial charge in [-0.05, 0) is 24.6 Å². The maximum Gasteiger partial charge on any atom is 0.254 e. The molecule has 1 atom stereocenters. The molecule has 1 heterocycles. The summed E-state index contributed by atoms with van der Waals surface area (Å²) in [6, 6.07) is 2.01. The van der Waals surface area contributed by atoms with Crippen molar-refractivity contribution in [3.8, 4) is 0 Å². The highest BCUT2D eigenvalue weighted by Gasteiger charge is 2.29. The number of rotatable bonds is 2. The number of carbonyl (C=O) groups is 1. The molecule has 0 aromatic heterocycles. The maximum absolute atomic E-state index is 13.3. The van der Waals surface area contributed by atoms with E-state index in [1.165, 1.54) is 0 Å². The molecular weight excluding hydrogens is 264 g/mol. The molecule has 0 spiro atoms. The number of sulfone groups is 1. The second-order valence-electron chi connectivity index (χ2n) is 4.20. The molecule has 2 rings (SSSR count). The second-order valence-corrected chi connectivity index (χ2v) is 6.43. The fraction of sp³-hybridized carbons (Fsp3) is 0.364. The van der Waals surface area contributed by atoms with Gasteiger partial charge in [0.1, 0.15) is 11.6 Å². The minimum atomic E-state index is -3.12. The van der Waals surface area contributed by atoms with Gasteiger partial charge in [-0.1, -0.05) is 0 Å². The van der Waals surface area contributed by atoms with E-state index in [-0.39, 0.29) is 11.5 Å². The van der Waals surface area contributed by atoms with Crippen molar-refractivity contribution in [1.82, 2.24) is 5.32 Å². The Kier molecular flexibility index (Phi) is 3.34. The number of benzene rings is 1. The largest absolute Gasteiger partial charge is 0.348 e. The van der Waals surface area contributed by atoms with Crippen LogP contribution in [-0.4, -0.2) is 31.9 Å². The summed E-state index contributed by atoms with van der Waals surface area (Å²) in [7, 11) is -3.12. The summed E-state index contributed by atoms with van der Waals surface area (Å²) in [5, 5.41) is 2.39. The van der Waals surface area contributed by atoms with Crippen molar-refractivity contribution in [3.05, 3.63) is 35.4 Å². The van der Waals surface area contributed by atoms with E-state index < -0.39 is 39.0 Å². The molecule has 4 nitrogen and oxygen atoms in total. The van der Waals surface area contributed by atoms with Gasteiger partial charge in [-0.25, -0.2) is 17.2 Å². The van der Waals surface area contributed by atoms with Gasteiger partial charge in [0, 0.05) is 6.04 Å². The van der Waals surface area contributed by atoms with Crippen LogP contribution >= 0.6 is 0 Å². The van der Waals surface area contributed by atoms with Crippen LogP contribution < -0.4 is 5.32 Å². The van der Waals surface area contributed by atoms with E-state index in [2.05, 4.69) is 5.32 Å². The number of hydrogen-bond donors (Lipinski definition) is 1. The predicted molar refractivity (Wildman–Crippen MR) is 60.9 cm³/mol. The molecule has 98 valence electrons. The van der Waals surface area contributed by atoms with Crippen molar-refractivity contribution in [1.29, 1.82) is 0 Å². The summed E-state index contributed by atoms with van der Waals surface area (Å²) in [4.78, 5) is 11.7. The SMILES string of the molecule is O=C(N[C@H]1CCS(=O)(=O)C1)c1cc(F)ccc1F. The number of nitrogens with one attached hydrogen (secondary N) is 1. The lowest BCUT2D eigenvalue weighted by Gasteiger charge is -2.11. The first-order chi connectivity index (χ1) is 8.37. The van der Waals surface area contributed by atoms with Gasteiger partial charge in [0.2, 0.25) is 0 Å². The lowest BCUT2D eigenvalue weighted by molar-refractivity contribution is 0.0936. The van der Waals surface area contributed by atoms with Crippen LogP contribution in [0.15, 0.2) is 18.2 Å². The molecule has 1 N–H and O–H groups in total. The van der Waals surface area contributed by atoms with E-state index in [0.717, 1.165) is 18.2 Å². The maximum atomic E-state index is 13.3. The minimum Gasteiger partial charge on any atom is -0.348 e. The first-order valence-corrected chi connectivity index (χ1v) is 7.16. The molecule has 1 aromatic rings. The highest BCUT2D eigenvalue weighted by Crippen LogP contribution is 2.14. The Morgan fingerprint density at radius 1 is 1.33 bits per heavy atom. The van der Waals surface area contributed by atoms with Crippen LogP contribution in [0.1, 0.15) is 16.8 Å².